The fourth-order valence-corrected chi connectivity index (χ4v) is 1.91. The maximum absolute atomic E-state index is 12.9. The molecule has 1 N–H and O–H groups in total. The first-order valence-electron chi connectivity index (χ1n) is 6.82. The van der Waals surface area contributed by atoms with Crippen molar-refractivity contribution in [2.45, 2.75) is 27.2 Å². The van der Waals surface area contributed by atoms with Crippen molar-refractivity contribution in [1.29, 1.82) is 0 Å². The molecule has 0 bridgehead atoms. The minimum Gasteiger partial charge on any atom is -0.370 e. The van der Waals surface area contributed by atoms with Crippen LogP contribution in [0, 0.1) is 11.7 Å². The fourth-order valence-electron chi connectivity index (χ4n) is 1.91. The van der Waals surface area contributed by atoms with E-state index in [1.165, 1.54) is 12.3 Å². The Bertz CT molecular complexity index is 567. The van der Waals surface area contributed by atoms with Gasteiger partial charge in [0.15, 0.2) is 5.82 Å². The van der Waals surface area contributed by atoms with Crippen LogP contribution in [-0.2, 0) is 6.42 Å². The molecule has 2 rings (SSSR count). The summed E-state index contributed by atoms with van der Waals surface area (Å²) in [6.45, 7) is 7.09. The monoisotopic (exact) mass is 274 g/mol. The highest BCUT2D eigenvalue weighted by Crippen LogP contribution is 2.18. The Morgan fingerprint density at radius 2 is 2.05 bits per heavy atom. The molecule has 0 fully saturated rings. The van der Waals surface area contributed by atoms with Gasteiger partial charge in [-0.1, -0.05) is 13.8 Å². The van der Waals surface area contributed by atoms with Gasteiger partial charge < -0.3 is 5.32 Å². The Labute approximate surface area is 118 Å². The molecule has 2 aromatic rings. The number of nitrogens with zero attached hydrogens (tertiary/aromatic N) is 3. The number of pyridine rings is 1. The zero-order chi connectivity index (χ0) is 14.5. The van der Waals surface area contributed by atoms with Gasteiger partial charge in [-0.15, -0.1) is 0 Å². The van der Waals surface area contributed by atoms with E-state index in [2.05, 4.69) is 34.1 Å². The normalized spacial score (nSPS) is 10.8. The van der Waals surface area contributed by atoms with Crippen molar-refractivity contribution in [3.05, 3.63) is 35.9 Å². The summed E-state index contributed by atoms with van der Waals surface area (Å²) in [5.74, 6) is 1.45. The molecule has 0 amide bonds. The Morgan fingerprint density at radius 3 is 2.65 bits per heavy atom. The molecule has 0 radical (unpaired) electrons. The first-order chi connectivity index (χ1) is 9.58. The number of anilines is 1. The van der Waals surface area contributed by atoms with Gasteiger partial charge in [-0.2, -0.15) is 0 Å². The lowest BCUT2D eigenvalue weighted by Crippen LogP contribution is -2.06. The Morgan fingerprint density at radius 1 is 1.25 bits per heavy atom. The highest BCUT2D eigenvalue weighted by Gasteiger charge is 2.09. The molecule has 0 unspecified atom stereocenters. The van der Waals surface area contributed by atoms with Gasteiger partial charge in [0.05, 0.1) is 6.20 Å². The van der Waals surface area contributed by atoms with Gasteiger partial charge in [0.2, 0.25) is 0 Å². The zero-order valence-electron chi connectivity index (χ0n) is 12.0. The Kier molecular flexibility index (Phi) is 4.61. The van der Waals surface area contributed by atoms with Crippen molar-refractivity contribution in [2.24, 2.45) is 5.92 Å². The minimum atomic E-state index is -0.362. The summed E-state index contributed by atoms with van der Waals surface area (Å²) >= 11 is 0. The van der Waals surface area contributed by atoms with Crippen molar-refractivity contribution in [2.75, 3.05) is 11.9 Å². The number of nitrogens with one attached hydrogen (secondary N) is 1. The van der Waals surface area contributed by atoms with E-state index in [1.807, 2.05) is 13.0 Å². The summed E-state index contributed by atoms with van der Waals surface area (Å²) in [4.78, 5) is 13.0. The summed E-state index contributed by atoms with van der Waals surface area (Å²) in [5.41, 5.74) is 1.54. The molecule has 0 atom stereocenters. The number of aromatic nitrogens is 3. The molecule has 0 aliphatic carbocycles. The molecule has 0 aromatic carbocycles. The van der Waals surface area contributed by atoms with E-state index >= 15 is 0 Å². The largest absolute Gasteiger partial charge is 0.370 e. The third-order valence-electron chi connectivity index (χ3n) is 2.71. The molecule has 20 heavy (non-hydrogen) atoms. The standard InChI is InChI=1S/C15H19FN4/c1-4-17-14-8-12(7-10(2)3)19-15(20-14)13-6-5-11(16)9-18-13/h5-6,8-10H,4,7H2,1-3H3,(H,17,19,20). The van der Waals surface area contributed by atoms with Gasteiger partial charge in [-0.25, -0.2) is 19.3 Å². The molecular weight excluding hydrogens is 255 g/mol. The molecule has 0 saturated heterocycles. The van der Waals surface area contributed by atoms with Crippen LogP contribution in [0.4, 0.5) is 10.2 Å². The summed E-state index contributed by atoms with van der Waals surface area (Å²) in [6, 6.07) is 4.92. The summed E-state index contributed by atoms with van der Waals surface area (Å²) in [5, 5.41) is 3.19. The van der Waals surface area contributed by atoms with Gasteiger partial charge in [-0.3, -0.25) is 0 Å². The second kappa shape index (κ2) is 6.41. The lowest BCUT2D eigenvalue weighted by atomic mass is 10.1. The van der Waals surface area contributed by atoms with E-state index < -0.39 is 0 Å². The number of halogens is 1. The molecule has 5 heteroatoms. The second-order valence-corrected chi connectivity index (χ2v) is 5.06. The van der Waals surface area contributed by atoms with Crippen LogP contribution >= 0.6 is 0 Å². The summed E-state index contributed by atoms with van der Waals surface area (Å²) < 4.78 is 12.9. The molecule has 0 aliphatic rings. The van der Waals surface area contributed by atoms with Gasteiger partial charge in [0, 0.05) is 18.3 Å². The predicted octanol–water partition coefficient (Wildman–Crippen LogP) is 3.31. The van der Waals surface area contributed by atoms with Crippen LogP contribution in [-0.4, -0.2) is 21.5 Å². The van der Waals surface area contributed by atoms with Gasteiger partial charge in [-0.05, 0) is 31.4 Å². The first-order valence-corrected chi connectivity index (χ1v) is 6.82. The van der Waals surface area contributed by atoms with Gasteiger partial charge in [0.1, 0.15) is 17.3 Å². The van der Waals surface area contributed by atoms with E-state index in [9.17, 15) is 4.39 Å². The molecule has 0 aliphatic heterocycles. The van der Waals surface area contributed by atoms with Crippen LogP contribution < -0.4 is 5.32 Å². The van der Waals surface area contributed by atoms with Crippen LogP contribution in [0.25, 0.3) is 11.5 Å². The Balaban J connectivity index is 2.40. The van der Waals surface area contributed by atoms with Crippen LogP contribution in [0.15, 0.2) is 24.4 Å². The third kappa shape index (κ3) is 3.73. The maximum atomic E-state index is 12.9. The number of hydrogen-bond acceptors (Lipinski definition) is 4. The second-order valence-electron chi connectivity index (χ2n) is 5.06. The topological polar surface area (TPSA) is 50.7 Å². The average Bonchev–Trinajstić information content (AvgIpc) is 2.38. The number of rotatable bonds is 5. The quantitative estimate of drug-likeness (QED) is 0.908. The van der Waals surface area contributed by atoms with E-state index in [0.717, 1.165) is 24.5 Å². The van der Waals surface area contributed by atoms with Gasteiger partial charge >= 0.3 is 0 Å². The van der Waals surface area contributed by atoms with E-state index in [0.29, 0.717) is 17.4 Å². The van der Waals surface area contributed by atoms with Crippen LogP contribution in [0.2, 0.25) is 0 Å². The minimum absolute atomic E-state index is 0.362. The zero-order valence-corrected chi connectivity index (χ0v) is 12.0. The third-order valence-corrected chi connectivity index (χ3v) is 2.71. The molecule has 106 valence electrons. The highest BCUT2D eigenvalue weighted by atomic mass is 19.1. The first kappa shape index (κ1) is 14.4. The molecule has 4 nitrogen and oxygen atoms in total. The summed E-state index contributed by atoms with van der Waals surface area (Å²) in [7, 11) is 0. The fraction of sp³-hybridized carbons (Fsp3) is 0.400. The van der Waals surface area contributed by atoms with Crippen molar-refractivity contribution in [3.8, 4) is 11.5 Å². The lowest BCUT2D eigenvalue weighted by molar-refractivity contribution is 0.621. The van der Waals surface area contributed by atoms with Crippen molar-refractivity contribution in [1.82, 2.24) is 15.0 Å². The molecule has 2 aromatic heterocycles. The molecular formula is C15H19FN4. The smallest absolute Gasteiger partial charge is 0.180 e. The van der Waals surface area contributed by atoms with Gasteiger partial charge in [0.25, 0.3) is 0 Å². The number of hydrogen-bond donors (Lipinski definition) is 1. The maximum Gasteiger partial charge on any atom is 0.180 e. The van der Waals surface area contributed by atoms with E-state index in [-0.39, 0.29) is 5.82 Å². The average molecular weight is 274 g/mol. The predicted molar refractivity (Wildman–Crippen MR) is 77.9 cm³/mol. The van der Waals surface area contributed by atoms with E-state index in [4.69, 9.17) is 0 Å². The lowest BCUT2D eigenvalue weighted by Gasteiger charge is -2.10. The van der Waals surface area contributed by atoms with Crippen molar-refractivity contribution >= 4 is 5.82 Å². The highest BCUT2D eigenvalue weighted by molar-refractivity contribution is 5.53. The van der Waals surface area contributed by atoms with Crippen molar-refractivity contribution in [3.63, 3.8) is 0 Å². The van der Waals surface area contributed by atoms with E-state index in [1.54, 1.807) is 6.07 Å². The molecule has 2 heterocycles. The summed E-state index contributed by atoms with van der Waals surface area (Å²) in [6.07, 6.45) is 2.05. The van der Waals surface area contributed by atoms with Crippen LogP contribution in [0.3, 0.4) is 0 Å². The molecule has 0 spiro atoms. The van der Waals surface area contributed by atoms with Crippen LogP contribution in [0.5, 0.6) is 0 Å². The Hall–Kier alpha value is -2.04. The molecule has 0 saturated carbocycles. The SMILES string of the molecule is CCNc1cc(CC(C)C)nc(-c2ccc(F)cn2)n1. The van der Waals surface area contributed by atoms with Crippen LogP contribution in [0.1, 0.15) is 26.5 Å². The van der Waals surface area contributed by atoms with Crippen molar-refractivity contribution < 1.29 is 4.39 Å².